The van der Waals surface area contributed by atoms with Crippen LogP contribution in [0, 0.1) is 17.4 Å². The highest BCUT2D eigenvalue weighted by Gasteiger charge is 2.09. The lowest BCUT2D eigenvalue weighted by Crippen LogP contribution is -2.22. The van der Waals surface area contributed by atoms with E-state index in [2.05, 4.69) is 48.7 Å². The number of carbonyl (C=O) groups is 1. The van der Waals surface area contributed by atoms with Crippen LogP contribution in [0.1, 0.15) is 11.4 Å². The molecule has 2 N–H and O–H groups in total. The van der Waals surface area contributed by atoms with Crippen LogP contribution in [-0.4, -0.2) is 32.7 Å². The van der Waals surface area contributed by atoms with Gasteiger partial charge in [0.1, 0.15) is 0 Å². The van der Waals surface area contributed by atoms with Crippen LogP contribution in [0.2, 0.25) is 0 Å². The molecule has 3 rings (SSSR count). The number of hydrogen-bond acceptors (Lipinski definition) is 5. The molecule has 0 atom stereocenters. The first-order valence-corrected chi connectivity index (χ1v) is 8.77. The molecule has 0 aliphatic carbocycles. The summed E-state index contributed by atoms with van der Waals surface area (Å²) in [4.78, 5) is 12.2. The average molecular weight is 448 g/mol. The molecule has 3 aromatic rings. The van der Waals surface area contributed by atoms with Gasteiger partial charge in [0.2, 0.25) is 5.91 Å². The fourth-order valence-electron chi connectivity index (χ4n) is 2.34. The van der Waals surface area contributed by atoms with Crippen LogP contribution >= 0.6 is 22.6 Å². The molecule has 0 aliphatic heterocycles. The van der Waals surface area contributed by atoms with E-state index in [-0.39, 0.29) is 12.5 Å². The lowest BCUT2D eigenvalue weighted by molar-refractivity contribution is -0.114. The molecule has 2 aromatic carbocycles. The molecule has 0 spiro atoms. The van der Waals surface area contributed by atoms with Crippen LogP contribution in [0.4, 0.5) is 11.4 Å². The molecule has 25 heavy (non-hydrogen) atoms. The van der Waals surface area contributed by atoms with Crippen molar-refractivity contribution in [3.05, 3.63) is 57.4 Å². The second kappa shape index (κ2) is 7.60. The quantitative estimate of drug-likeness (QED) is 0.587. The number of aromatic nitrogens is 4. The Morgan fingerprint density at radius 2 is 2.00 bits per heavy atom. The van der Waals surface area contributed by atoms with Gasteiger partial charge in [-0.25, -0.2) is 0 Å². The van der Waals surface area contributed by atoms with Gasteiger partial charge >= 0.3 is 0 Å². The van der Waals surface area contributed by atoms with Gasteiger partial charge in [0.05, 0.1) is 17.9 Å². The smallest absolute Gasteiger partial charge is 0.243 e. The highest BCUT2D eigenvalue weighted by Crippen LogP contribution is 2.20. The maximum Gasteiger partial charge on any atom is 0.243 e. The van der Waals surface area contributed by atoms with Crippen molar-refractivity contribution in [2.45, 2.75) is 13.8 Å². The van der Waals surface area contributed by atoms with Crippen LogP contribution in [0.25, 0.3) is 5.69 Å². The monoisotopic (exact) mass is 448 g/mol. The zero-order valence-corrected chi connectivity index (χ0v) is 16.0. The van der Waals surface area contributed by atoms with E-state index in [1.54, 1.807) is 4.68 Å². The third-order valence-electron chi connectivity index (χ3n) is 3.66. The molecule has 1 aromatic heterocycles. The number of nitrogens with one attached hydrogen (secondary N) is 2. The van der Waals surface area contributed by atoms with Crippen LogP contribution in [0.15, 0.2) is 42.5 Å². The molecule has 0 radical (unpaired) electrons. The zero-order chi connectivity index (χ0) is 17.8. The number of tetrazole rings is 1. The fourth-order valence-corrected chi connectivity index (χ4v) is 2.86. The maximum atomic E-state index is 12.2. The SMILES string of the molecule is Cc1ccc(NCC(=O)Nc2ccccc2I)cc1-n1nnnc1C. The van der Waals surface area contributed by atoms with Crippen molar-refractivity contribution >= 4 is 39.9 Å². The second-order valence-corrected chi connectivity index (χ2v) is 6.68. The van der Waals surface area contributed by atoms with Crippen LogP contribution in [0.5, 0.6) is 0 Å². The predicted molar refractivity (Wildman–Crippen MR) is 105 cm³/mol. The Bertz CT molecular complexity index is 908. The Morgan fingerprint density at radius 3 is 2.72 bits per heavy atom. The van der Waals surface area contributed by atoms with Crippen molar-refractivity contribution in [3.63, 3.8) is 0 Å². The number of para-hydroxylation sites is 1. The normalized spacial score (nSPS) is 10.5. The van der Waals surface area contributed by atoms with Gasteiger partial charge in [0, 0.05) is 9.26 Å². The zero-order valence-electron chi connectivity index (χ0n) is 13.8. The van der Waals surface area contributed by atoms with Crippen molar-refractivity contribution in [1.82, 2.24) is 20.2 Å². The molecule has 1 heterocycles. The summed E-state index contributed by atoms with van der Waals surface area (Å²) in [7, 11) is 0. The third-order valence-corrected chi connectivity index (χ3v) is 4.60. The number of carbonyl (C=O) groups excluding carboxylic acids is 1. The van der Waals surface area contributed by atoms with Gasteiger partial charge in [-0.1, -0.05) is 18.2 Å². The van der Waals surface area contributed by atoms with Crippen LogP contribution < -0.4 is 10.6 Å². The average Bonchev–Trinajstić information content (AvgIpc) is 3.02. The summed E-state index contributed by atoms with van der Waals surface area (Å²) in [6, 6.07) is 13.5. The number of benzene rings is 2. The van der Waals surface area contributed by atoms with Crippen LogP contribution in [0.3, 0.4) is 0 Å². The number of aryl methyl sites for hydroxylation is 2. The van der Waals surface area contributed by atoms with E-state index in [0.29, 0.717) is 5.82 Å². The number of rotatable bonds is 5. The van der Waals surface area contributed by atoms with Gasteiger partial charge in [0.15, 0.2) is 5.82 Å². The first kappa shape index (κ1) is 17.3. The molecule has 7 nitrogen and oxygen atoms in total. The molecule has 0 unspecified atom stereocenters. The molecule has 0 aliphatic rings. The highest BCUT2D eigenvalue weighted by atomic mass is 127. The minimum Gasteiger partial charge on any atom is -0.376 e. The topological polar surface area (TPSA) is 84.7 Å². The van der Waals surface area contributed by atoms with Gasteiger partial charge < -0.3 is 10.6 Å². The Hall–Kier alpha value is -2.49. The highest BCUT2D eigenvalue weighted by molar-refractivity contribution is 14.1. The van der Waals surface area contributed by atoms with E-state index in [1.165, 1.54) is 0 Å². The summed E-state index contributed by atoms with van der Waals surface area (Å²) in [5.74, 6) is 0.599. The standard InChI is InChI=1S/C17H17IN6O/c1-11-7-8-13(9-16(11)24-12(2)21-22-23-24)19-10-17(25)20-15-6-4-3-5-14(15)18/h3-9,19H,10H2,1-2H3,(H,20,25). The summed E-state index contributed by atoms with van der Waals surface area (Å²) < 4.78 is 2.67. The number of halogens is 1. The Morgan fingerprint density at radius 1 is 1.20 bits per heavy atom. The van der Waals surface area contributed by atoms with Crippen molar-refractivity contribution < 1.29 is 4.79 Å². The first-order valence-electron chi connectivity index (χ1n) is 7.69. The van der Waals surface area contributed by atoms with Crippen molar-refractivity contribution in [3.8, 4) is 5.69 Å². The molecule has 0 saturated heterocycles. The van der Waals surface area contributed by atoms with E-state index in [0.717, 1.165) is 26.2 Å². The maximum absolute atomic E-state index is 12.2. The summed E-state index contributed by atoms with van der Waals surface area (Å²) in [6.45, 7) is 4.00. The van der Waals surface area contributed by atoms with Gasteiger partial charge in [0.25, 0.3) is 0 Å². The molecular weight excluding hydrogens is 431 g/mol. The first-order chi connectivity index (χ1) is 12.0. The van der Waals surface area contributed by atoms with E-state index < -0.39 is 0 Å². The van der Waals surface area contributed by atoms with E-state index in [4.69, 9.17) is 0 Å². The molecule has 0 fully saturated rings. The minimum absolute atomic E-state index is 0.107. The second-order valence-electron chi connectivity index (χ2n) is 5.52. The van der Waals surface area contributed by atoms with Crippen molar-refractivity contribution in [2.75, 3.05) is 17.2 Å². The number of hydrogen-bond donors (Lipinski definition) is 2. The number of anilines is 2. The number of nitrogens with zero attached hydrogens (tertiary/aromatic N) is 4. The Kier molecular flexibility index (Phi) is 5.27. The van der Waals surface area contributed by atoms with Crippen LogP contribution in [-0.2, 0) is 4.79 Å². The molecule has 1 amide bonds. The van der Waals surface area contributed by atoms with Crippen molar-refractivity contribution in [2.24, 2.45) is 0 Å². The number of amides is 1. The Labute approximate surface area is 159 Å². The van der Waals surface area contributed by atoms with E-state index in [1.807, 2.05) is 56.3 Å². The van der Waals surface area contributed by atoms with E-state index in [9.17, 15) is 4.79 Å². The van der Waals surface area contributed by atoms with Crippen molar-refractivity contribution in [1.29, 1.82) is 0 Å². The molecular formula is C17H17IN6O. The van der Waals surface area contributed by atoms with Gasteiger partial charge in [-0.2, -0.15) is 4.68 Å². The van der Waals surface area contributed by atoms with Gasteiger partial charge in [-0.3, -0.25) is 4.79 Å². The molecule has 128 valence electrons. The van der Waals surface area contributed by atoms with Gasteiger partial charge in [-0.05, 0) is 76.7 Å². The molecule has 0 bridgehead atoms. The molecule has 0 saturated carbocycles. The third kappa shape index (κ3) is 4.13. The summed E-state index contributed by atoms with van der Waals surface area (Å²) in [6.07, 6.45) is 0. The minimum atomic E-state index is -0.107. The summed E-state index contributed by atoms with van der Waals surface area (Å²) >= 11 is 2.19. The predicted octanol–water partition coefficient (Wildman–Crippen LogP) is 2.93. The summed E-state index contributed by atoms with van der Waals surface area (Å²) in [5, 5.41) is 17.6. The Balaban J connectivity index is 1.69. The lowest BCUT2D eigenvalue weighted by atomic mass is 10.2. The largest absolute Gasteiger partial charge is 0.376 e. The lowest BCUT2D eigenvalue weighted by Gasteiger charge is -2.12. The molecule has 8 heteroatoms. The summed E-state index contributed by atoms with van der Waals surface area (Å²) in [5.41, 5.74) is 3.56. The van der Waals surface area contributed by atoms with Gasteiger partial charge in [-0.15, -0.1) is 5.10 Å². The van der Waals surface area contributed by atoms with E-state index >= 15 is 0 Å². The fraction of sp³-hybridized carbons (Fsp3) is 0.176.